The number of benzene rings is 1. The molecule has 1 saturated carbocycles. The van der Waals surface area contributed by atoms with Crippen LogP contribution < -0.4 is 10.6 Å². The number of nitrogens with one attached hydrogen (secondary N) is 2. The van der Waals surface area contributed by atoms with E-state index in [1.54, 1.807) is 0 Å². The lowest BCUT2D eigenvalue weighted by Crippen LogP contribution is -2.45. The molecule has 2 aliphatic rings. The first-order valence-electron chi connectivity index (χ1n) is 7.22. The molecule has 3 heteroatoms. The molecule has 1 aromatic carbocycles. The summed E-state index contributed by atoms with van der Waals surface area (Å²) in [6.07, 6.45) is 3.43. The van der Waals surface area contributed by atoms with E-state index < -0.39 is 0 Å². The van der Waals surface area contributed by atoms with Crippen molar-refractivity contribution in [2.45, 2.75) is 45.2 Å². The van der Waals surface area contributed by atoms with Gasteiger partial charge in [-0.1, -0.05) is 12.1 Å². The fraction of sp³-hybridized carbons (Fsp3) is 0.562. The third kappa shape index (κ3) is 2.52. The maximum absolute atomic E-state index is 12.5. The average molecular weight is 258 g/mol. The van der Waals surface area contributed by atoms with Gasteiger partial charge >= 0.3 is 0 Å². The summed E-state index contributed by atoms with van der Waals surface area (Å²) >= 11 is 0. The maximum Gasteiger partial charge on any atom is 0.251 e. The summed E-state index contributed by atoms with van der Waals surface area (Å²) in [6.45, 7) is 6.12. The van der Waals surface area contributed by atoms with Gasteiger partial charge in [-0.25, -0.2) is 0 Å². The Morgan fingerprint density at radius 2 is 2.16 bits per heavy atom. The highest BCUT2D eigenvalue weighted by atomic mass is 16.1. The van der Waals surface area contributed by atoms with Gasteiger partial charge in [-0.05, 0) is 62.8 Å². The van der Waals surface area contributed by atoms with E-state index in [4.69, 9.17) is 0 Å². The number of hydrogen-bond donors (Lipinski definition) is 2. The zero-order chi connectivity index (χ0) is 13.5. The van der Waals surface area contributed by atoms with E-state index in [1.807, 2.05) is 12.1 Å². The molecular weight excluding hydrogens is 236 g/mol. The lowest BCUT2D eigenvalue weighted by molar-refractivity contribution is 0.0902. The molecule has 19 heavy (non-hydrogen) atoms. The molecule has 2 N–H and O–H groups in total. The van der Waals surface area contributed by atoms with Crippen LogP contribution in [-0.4, -0.2) is 18.0 Å². The molecule has 0 radical (unpaired) electrons. The van der Waals surface area contributed by atoms with E-state index in [0.717, 1.165) is 25.1 Å². The fourth-order valence-corrected chi connectivity index (χ4v) is 3.01. The molecule has 0 saturated heterocycles. The summed E-state index contributed by atoms with van der Waals surface area (Å²) in [4.78, 5) is 12.5. The highest BCUT2D eigenvalue weighted by Crippen LogP contribution is 2.39. The second kappa shape index (κ2) is 4.64. The zero-order valence-electron chi connectivity index (χ0n) is 11.8. The van der Waals surface area contributed by atoms with Crippen LogP contribution in [0.3, 0.4) is 0 Å². The average Bonchev–Trinajstić information content (AvgIpc) is 3.22. The van der Waals surface area contributed by atoms with Crippen molar-refractivity contribution in [2.24, 2.45) is 5.92 Å². The van der Waals surface area contributed by atoms with Crippen LogP contribution in [0, 0.1) is 5.92 Å². The maximum atomic E-state index is 12.5. The van der Waals surface area contributed by atoms with Gasteiger partial charge in [0, 0.05) is 17.6 Å². The van der Waals surface area contributed by atoms with Gasteiger partial charge in [0.05, 0.1) is 0 Å². The number of hydrogen-bond acceptors (Lipinski definition) is 2. The summed E-state index contributed by atoms with van der Waals surface area (Å²) in [7, 11) is 0. The van der Waals surface area contributed by atoms with E-state index >= 15 is 0 Å². The Morgan fingerprint density at radius 1 is 1.37 bits per heavy atom. The van der Waals surface area contributed by atoms with Crippen LogP contribution in [0.25, 0.3) is 0 Å². The Hall–Kier alpha value is -1.35. The Labute approximate surface area is 114 Å². The summed E-state index contributed by atoms with van der Waals surface area (Å²) in [6, 6.07) is 6.07. The molecule has 3 nitrogen and oxygen atoms in total. The molecule has 0 aromatic heterocycles. The standard InChI is InChI=1S/C16H22N2O/c1-16(2,12-6-7-12)18-15(19)14-5-3-4-11-10-17-9-8-13(11)14/h3-5,12,17H,6-10H2,1-2H3,(H,18,19). The van der Waals surface area contributed by atoms with E-state index in [-0.39, 0.29) is 11.4 Å². The van der Waals surface area contributed by atoms with Gasteiger partial charge in [0.2, 0.25) is 0 Å². The van der Waals surface area contributed by atoms with Gasteiger partial charge in [-0.2, -0.15) is 0 Å². The fourth-order valence-electron chi connectivity index (χ4n) is 3.01. The highest BCUT2D eigenvalue weighted by Gasteiger charge is 2.39. The SMILES string of the molecule is CC(C)(NC(=O)c1cccc2c1CCNC2)C1CC1. The summed E-state index contributed by atoms with van der Waals surface area (Å²) in [5.74, 6) is 0.744. The normalized spacial score (nSPS) is 18.8. The number of carbonyl (C=O) groups excluding carboxylic acids is 1. The molecule has 1 fully saturated rings. The second-order valence-electron chi connectivity index (χ2n) is 6.32. The Morgan fingerprint density at radius 3 is 2.89 bits per heavy atom. The van der Waals surface area contributed by atoms with Crippen LogP contribution in [-0.2, 0) is 13.0 Å². The third-order valence-corrected chi connectivity index (χ3v) is 4.42. The van der Waals surface area contributed by atoms with Gasteiger partial charge in [-0.3, -0.25) is 4.79 Å². The molecule has 0 unspecified atom stereocenters. The lowest BCUT2D eigenvalue weighted by atomic mass is 9.93. The molecule has 1 aromatic rings. The van der Waals surface area contributed by atoms with Crippen LogP contribution in [0.4, 0.5) is 0 Å². The van der Waals surface area contributed by atoms with Crippen LogP contribution in [0.1, 0.15) is 48.2 Å². The van der Waals surface area contributed by atoms with E-state index in [2.05, 4.69) is 30.5 Å². The molecule has 3 rings (SSSR count). The van der Waals surface area contributed by atoms with Crippen LogP contribution in [0.2, 0.25) is 0 Å². The number of rotatable bonds is 3. The summed E-state index contributed by atoms with van der Waals surface area (Å²) < 4.78 is 0. The predicted molar refractivity (Wildman–Crippen MR) is 76.1 cm³/mol. The Kier molecular flexibility index (Phi) is 3.09. The van der Waals surface area contributed by atoms with Crippen molar-refractivity contribution in [1.29, 1.82) is 0 Å². The lowest BCUT2D eigenvalue weighted by Gasteiger charge is -2.27. The largest absolute Gasteiger partial charge is 0.347 e. The van der Waals surface area contributed by atoms with Crippen molar-refractivity contribution in [3.05, 3.63) is 34.9 Å². The third-order valence-electron chi connectivity index (χ3n) is 4.42. The number of amides is 1. The molecular formula is C16H22N2O. The van der Waals surface area contributed by atoms with Crippen molar-refractivity contribution in [3.63, 3.8) is 0 Å². The van der Waals surface area contributed by atoms with E-state index in [0.29, 0.717) is 5.92 Å². The molecule has 102 valence electrons. The minimum absolute atomic E-state index is 0.0767. The van der Waals surface area contributed by atoms with Crippen LogP contribution in [0.15, 0.2) is 18.2 Å². The number of fused-ring (bicyclic) bond motifs is 1. The molecule has 1 amide bonds. The molecule has 0 atom stereocenters. The van der Waals surface area contributed by atoms with Crippen molar-refractivity contribution in [3.8, 4) is 0 Å². The minimum Gasteiger partial charge on any atom is -0.347 e. The summed E-state index contributed by atoms with van der Waals surface area (Å²) in [5, 5.41) is 6.58. The highest BCUT2D eigenvalue weighted by molar-refractivity contribution is 5.96. The van der Waals surface area contributed by atoms with Crippen molar-refractivity contribution in [1.82, 2.24) is 10.6 Å². The van der Waals surface area contributed by atoms with Gasteiger partial charge in [0.15, 0.2) is 0 Å². The van der Waals surface area contributed by atoms with E-state index in [9.17, 15) is 4.79 Å². The minimum atomic E-state index is -0.0767. The number of carbonyl (C=O) groups is 1. The van der Waals surface area contributed by atoms with Gasteiger partial charge < -0.3 is 10.6 Å². The molecule has 1 aliphatic carbocycles. The predicted octanol–water partition coefficient (Wildman–Crippen LogP) is 2.25. The van der Waals surface area contributed by atoms with Crippen LogP contribution >= 0.6 is 0 Å². The summed E-state index contributed by atoms with van der Waals surface area (Å²) in [5.41, 5.74) is 3.29. The monoisotopic (exact) mass is 258 g/mol. The first kappa shape index (κ1) is 12.7. The van der Waals surface area contributed by atoms with Crippen molar-refractivity contribution < 1.29 is 4.79 Å². The van der Waals surface area contributed by atoms with Crippen molar-refractivity contribution >= 4 is 5.91 Å². The molecule has 0 spiro atoms. The van der Waals surface area contributed by atoms with Gasteiger partial charge in [0.1, 0.15) is 0 Å². The van der Waals surface area contributed by atoms with Crippen molar-refractivity contribution in [2.75, 3.05) is 6.54 Å². The Bertz CT molecular complexity index is 503. The van der Waals surface area contributed by atoms with E-state index in [1.165, 1.54) is 24.0 Å². The molecule has 1 aliphatic heterocycles. The molecule has 0 bridgehead atoms. The quantitative estimate of drug-likeness (QED) is 0.873. The van der Waals surface area contributed by atoms with Gasteiger partial charge in [0.25, 0.3) is 5.91 Å². The van der Waals surface area contributed by atoms with Gasteiger partial charge in [-0.15, -0.1) is 0 Å². The smallest absolute Gasteiger partial charge is 0.251 e. The Balaban J connectivity index is 1.83. The van der Waals surface area contributed by atoms with Crippen LogP contribution in [0.5, 0.6) is 0 Å². The topological polar surface area (TPSA) is 41.1 Å². The first-order valence-corrected chi connectivity index (χ1v) is 7.22. The zero-order valence-corrected chi connectivity index (χ0v) is 11.8. The second-order valence-corrected chi connectivity index (χ2v) is 6.32. The first-order chi connectivity index (χ1) is 9.08. The molecule has 1 heterocycles.